The van der Waals surface area contributed by atoms with Gasteiger partial charge in [-0.15, -0.1) is 0 Å². The van der Waals surface area contributed by atoms with E-state index in [1.807, 2.05) is 6.07 Å². The number of amides is 2. The molecule has 0 saturated heterocycles. The third-order valence-electron chi connectivity index (χ3n) is 3.38. The third kappa shape index (κ3) is 4.34. The van der Waals surface area contributed by atoms with E-state index in [1.54, 1.807) is 55.6 Å². The van der Waals surface area contributed by atoms with Crippen LogP contribution < -0.4 is 15.0 Å². The lowest BCUT2D eigenvalue weighted by Crippen LogP contribution is -2.23. The summed E-state index contributed by atoms with van der Waals surface area (Å²) in [5.41, 5.74) is 1.71. The molecule has 0 radical (unpaired) electrons. The van der Waals surface area contributed by atoms with E-state index in [2.05, 4.69) is 5.32 Å². The van der Waals surface area contributed by atoms with Crippen molar-refractivity contribution in [3.8, 4) is 11.8 Å². The Kier molecular flexibility index (Phi) is 5.53. The molecular weight excluding hydrogens is 306 g/mol. The summed E-state index contributed by atoms with van der Waals surface area (Å²) in [5.74, 6) is -0.0414. The monoisotopic (exact) mass is 323 g/mol. The average Bonchev–Trinajstić information content (AvgIpc) is 2.60. The highest BCUT2D eigenvalue weighted by Gasteiger charge is 2.08. The Balaban J connectivity index is 1.93. The molecule has 0 spiro atoms. The van der Waals surface area contributed by atoms with Crippen LogP contribution in [0, 0.1) is 11.3 Å². The Bertz CT molecular complexity index is 779. The first-order chi connectivity index (χ1) is 11.5. The summed E-state index contributed by atoms with van der Waals surface area (Å²) in [5, 5.41) is 11.7. The number of nitrogens with one attached hydrogen (secondary N) is 1. The van der Waals surface area contributed by atoms with Crippen LogP contribution in [-0.4, -0.2) is 25.5 Å². The largest absolute Gasteiger partial charge is 0.482 e. The first-order valence-corrected chi connectivity index (χ1v) is 7.27. The summed E-state index contributed by atoms with van der Waals surface area (Å²) < 4.78 is 5.37. The van der Waals surface area contributed by atoms with Crippen molar-refractivity contribution in [2.75, 3.05) is 23.9 Å². The first-order valence-electron chi connectivity index (χ1n) is 7.27. The van der Waals surface area contributed by atoms with Crippen LogP contribution in [0.1, 0.15) is 12.5 Å². The summed E-state index contributed by atoms with van der Waals surface area (Å²) in [6.45, 7) is 1.28. The molecule has 0 atom stereocenters. The van der Waals surface area contributed by atoms with Crippen LogP contribution in [0.3, 0.4) is 0 Å². The molecule has 2 amide bonds. The lowest BCUT2D eigenvalue weighted by atomic mass is 10.2. The van der Waals surface area contributed by atoms with Crippen molar-refractivity contribution in [3.63, 3.8) is 0 Å². The Morgan fingerprint density at radius 2 is 1.83 bits per heavy atom. The Morgan fingerprint density at radius 3 is 2.46 bits per heavy atom. The fraction of sp³-hybridized carbons (Fsp3) is 0.167. The average molecular weight is 323 g/mol. The fourth-order valence-corrected chi connectivity index (χ4v) is 1.98. The van der Waals surface area contributed by atoms with E-state index in [0.717, 1.165) is 5.69 Å². The van der Waals surface area contributed by atoms with Crippen molar-refractivity contribution in [1.82, 2.24) is 0 Å². The highest BCUT2D eigenvalue weighted by molar-refractivity contribution is 5.93. The van der Waals surface area contributed by atoms with Gasteiger partial charge < -0.3 is 15.0 Å². The highest BCUT2D eigenvalue weighted by Crippen LogP contribution is 2.18. The highest BCUT2D eigenvalue weighted by atomic mass is 16.5. The molecule has 2 aromatic carbocycles. The number of para-hydroxylation sites is 1. The second-order valence-electron chi connectivity index (χ2n) is 5.07. The lowest BCUT2D eigenvalue weighted by Gasteiger charge is -2.15. The van der Waals surface area contributed by atoms with Gasteiger partial charge >= 0.3 is 0 Å². The molecule has 1 N–H and O–H groups in total. The molecule has 0 aromatic heterocycles. The van der Waals surface area contributed by atoms with Gasteiger partial charge in [-0.05, 0) is 36.4 Å². The van der Waals surface area contributed by atoms with Crippen LogP contribution in [-0.2, 0) is 9.59 Å². The zero-order valence-corrected chi connectivity index (χ0v) is 13.4. The smallest absolute Gasteiger partial charge is 0.262 e. The molecule has 0 unspecified atom stereocenters. The van der Waals surface area contributed by atoms with Crippen LogP contribution >= 0.6 is 0 Å². The lowest BCUT2D eigenvalue weighted by molar-refractivity contribution is -0.118. The minimum Gasteiger partial charge on any atom is -0.482 e. The molecule has 0 aliphatic heterocycles. The maximum Gasteiger partial charge on any atom is 0.262 e. The number of benzene rings is 2. The van der Waals surface area contributed by atoms with Crippen LogP contribution in [0.5, 0.6) is 5.75 Å². The molecule has 0 bridgehead atoms. The molecule has 24 heavy (non-hydrogen) atoms. The Hall–Kier alpha value is -3.33. The van der Waals surface area contributed by atoms with Crippen molar-refractivity contribution >= 4 is 23.2 Å². The molecule has 0 aliphatic rings. The van der Waals surface area contributed by atoms with E-state index in [1.165, 1.54) is 11.8 Å². The summed E-state index contributed by atoms with van der Waals surface area (Å²) >= 11 is 0. The molecule has 0 heterocycles. The van der Waals surface area contributed by atoms with Gasteiger partial charge in [-0.2, -0.15) is 5.26 Å². The Labute approximate surface area is 140 Å². The summed E-state index contributed by atoms with van der Waals surface area (Å²) in [4.78, 5) is 24.7. The van der Waals surface area contributed by atoms with Crippen LogP contribution in [0.4, 0.5) is 11.4 Å². The minimum absolute atomic E-state index is 0.0728. The molecule has 0 fully saturated rings. The number of nitrogens with zero attached hydrogens (tertiary/aromatic N) is 2. The van der Waals surface area contributed by atoms with Crippen molar-refractivity contribution in [2.24, 2.45) is 0 Å². The maximum atomic E-state index is 11.9. The van der Waals surface area contributed by atoms with Gasteiger partial charge in [-0.1, -0.05) is 12.1 Å². The molecule has 6 nitrogen and oxygen atoms in total. The summed E-state index contributed by atoms with van der Waals surface area (Å²) in [7, 11) is 1.68. The molecule has 2 aromatic rings. The zero-order valence-electron chi connectivity index (χ0n) is 13.4. The second kappa shape index (κ2) is 7.79. The Morgan fingerprint density at radius 1 is 1.17 bits per heavy atom. The number of carbonyl (C=O) groups excluding carboxylic acids is 2. The first kappa shape index (κ1) is 17.0. The standard InChI is InChI=1S/C18H17N3O3/c1-13(22)21(2)16-9-7-15(8-10-16)20-18(23)12-24-17-6-4-3-5-14(17)11-19/h3-10H,12H2,1-2H3,(H,20,23). The summed E-state index contributed by atoms with van der Waals surface area (Å²) in [6.07, 6.45) is 0. The number of rotatable bonds is 5. The number of anilines is 2. The maximum absolute atomic E-state index is 11.9. The predicted octanol–water partition coefficient (Wildman–Crippen LogP) is 2.56. The SMILES string of the molecule is CC(=O)N(C)c1ccc(NC(=O)COc2ccccc2C#N)cc1. The van der Waals surface area contributed by atoms with Gasteiger partial charge in [-0.3, -0.25) is 9.59 Å². The van der Waals surface area contributed by atoms with Crippen LogP contribution in [0.2, 0.25) is 0 Å². The van der Waals surface area contributed by atoms with E-state index in [4.69, 9.17) is 10.00 Å². The fourth-order valence-electron chi connectivity index (χ4n) is 1.98. The van der Waals surface area contributed by atoms with Gasteiger partial charge in [0.05, 0.1) is 5.56 Å². The van der Waals surface area contributed by atoms with Crippen molar-refractivity contribution < 1.29 is 14.3 Å². The van der Waals surface area contributed by atoms with E-state index >= 15 is 0 Å². The van der Waals surface area contributed by atoms with E-state index in [-0.39, 0.29) is 18.4 Å². The normalized spacial score (nSPS) is 9.71. The predicted molar refractivity (Wildman–Crippen MR) is 90.8 cm³/mol. The third-order valence-corrected chi connectivity index (χ3v) is 3.38. The van der Waals surface area contributed by atoms with Gasteiger partial charge in [0.15, 0.2) is 6.61 Å². The zero-order chi connectivity index (χ0) is 17.5. The molecule has 6 heteroatoms. The molecular formula is C18H17N3O3. The number of nitriles is 1. The molecule has 0 saturated carbocycles. The van der Waals surface area contributed by atoms with Crippen molar-refractivity contribution in [3.05, 3.63) is 54.1 Å². The van der Waals surface area contributed by atoms with E-state index in [0.29, 0.717) is 17.0 Å². The van der Waals surface area contributed by atoms with Gasteiger partial charge in [0, 0.05) is 25.3 Å². The van der Waals surface area contributed by atoms with Gasteiger partial charge in [0.1, 0.15) is 11.8 Å². The quantitative estimate of drug-likeness (QED) is 0.916. The number of carbonyl (C=O) groups is 2. The molecule has 2 rings (SSSR count). The topological polar surface area (TPSA) is 82.4 Å². The van der Waals surface area contributed by atoms with E-state index < -0.39 is 0 Å². The summed E-state index contributed by atoms with van der Waals surface area (Å²) in [6, 6.07) is 15.6. The number of hydrogen-bond acceptors (Lipinski definition) is 4. The number of ether oxygens (including phenoxy) is 1. The number of hydrogen-bond donors (Lipinski definition) is 1. The van der Waals surface area contributed by atoms with Crippen LogP contribution in [0.15, 0.2) is 48.5 Å². The van der Waals surface area contributed by atoms with Crippen molar-refractivity contribution in [1.29, 1.82) is 5.26 Å². The van der Waals surface area contributed by atoms with Crippen molar-refractivity contribution in [2.45, 2.75) is 6.92 Å². The van der Waals surface area contributed by atoms with Gasteiger partial charge in [-0.25, -0.2) is 0 Å². The second-order valence-corrected chi connectivity index (χ2v) is 5.07. The van der Waals surface area contributed by atoms with Gasteiger partial charge in [0.2, 0.25) is 5.91 Å². The molecule has 122 valence electrons. The minimum atomic E-state index is -0.338. The van der Waals surface area contributed by atoms with Gasteiger partial charge in [0.25, 0.3) is 5.91 Å². The molecule has 0 aliphatic carbocycles. The van der Waals surface area contributed by atoms with E-state index in [9.17, 15) is 9.59 Å². The van der Waals surface area contributed by atoms with Crippen LogP contribution in [0.25, 0.3) is 0 Å².